The van der Waals surface area contributed by atoms with Crippen LogP contribution in [-0.4, -0.2) is 0 Å². The van der Waals surface area contributed by atoms with Gasteiger partial charge in [-0.2, -0.15) is 5.26 Å². The zero-order chi connectivity index (χ0) is 14.7. The predicted molar refractivity (Wildman–Crippen MR) is 87.6 cm³/mol. The SMILES string of the molecule is Cc1ccc(C2=CCC(C3CCC(C#N)CC3)CC2)cc1. The van der Waals surface area contributed by atoms with Gasteiger partial charge >= 0.3 is 0 Å². The van der Waals surface area contributed by atoms with E-state index in [4.69, 9.17) is 5.26 Å². The fourth-order valence-electron chi connectivity index (χ4n) is 4.03. The lowest BCUT2D eigenvalue weighted by Crippen LogP contribution is -2.22. The standard InChI is InChI=1S/C20H25N/c1-15-2-6-17(7-3-15)19-10-12-20(13-11-19)18-8-4-16(14-21)5-9-18/h2-3,6-7,10,16,18,20H,4-5,8-9,11-13H2,1H3. The molecule has 0 saturated heterocycles. The first kappa shape index (κ1) is 14.4. The van der Waals surface area contributed by atoms with Crippen LogP contribution in [0.1, 0.15) is 56.1 Å². The monoisotopic (exact) mass is 279 g/mol. The molecule has 0 heterocycles. The average molecular weight is 279 g/mol. The van der Waals surface area contributed by atoms with Crippen molar-refractivity contribution in [3.63, 3.8) is 0 Å². The Morgan fingerprint density at radius 1 is 0.952 bits per heavy atom. The molecule has 1 heteroatoms. The number of hydrogen-bond acceptors (Lipinski definition) is 1. The number of benzene rings is 1. The van der Waals surface area contributed by atoms with Gasteiger partial charge in [-0.1, -0.05) is 35.9 Å². The van der Waals surface area contributed by atoms with E-state index in [0.717, 1.165) is 24.7 Å². The molecule has 0 radical (unpaired) electrons. The van der Waals surface area contributed by atoms with E-state index in [1.807, 2.05) is 0 Å². The molecule has 110 valence electrons. The van der Waals surface area contributed by atoms with Crippen LogP contribution in [0.25, 0.3) is 5.57 Å². The number of nitrogens with zero attached hydrogens (tertiary/aromatic N) is 1. The van der Waals surface area contributed by atoms with Crippen molar-refractivity contribution in [2.75, 3.05) is 0 Å². The van der Waals surface area contributed by atoms with E-state index in [0.29, 0.717) is 5.92 Å². The molecule has 0 aliphatic heterocycles. The van der Waals surface area contributed by atoms with E-state index in [9.17, 15) is 0 Å². The lowest BCUT2D eigenvalue weighted by atomic mass is 9.71. The van der Waals surface area contributed by atoms with Crippen LogP contribution in [0.4, 0.5) is 0 Å². The summed E-state index contributed by atoms with van der Waals surface area (Å²) >= 11 is 0. The van der Waals surface area contributed by atoms with E-state index in [1.165, 1.54) is 48.8 Å². The summed E-state index contributed by atoms with van der Waals surface area (Å²) in [5.41, 5.74) is 4.28. The highest BCUT2D eigenvalue weighted by Crippen LogP contribution is 2.41. The first-order valence-electron chi connectivity index (χ1n) is 8.42. The van der Waals surface area contributed by atoms with Crippen LogP contribution >= 0.6 is 0 Å². The Balaban J connectivity index is 1.59. The van der Waals surface area contributed by atoms with Gasteiger partial charge in [-0.15, -0.1) is 0 Å². The maximum atomic E-state index is 9.01. The van der Waals surface area contributed by atoms with Gasteiger partial charge < -0.3 is 0 Å². The molecule has 0 amide bonds. The van der Waals surface area contributed by atoms with Gasteiger partial charge in [0, 0.05) is 5.92 Å². The fraction of sp³-hybridized carbons (Fsp3) is 0.550. The van der Waals surface area contributed by atoms with Crippen molar-refractivity contribution in [1.82, 2.24) is 0 Å². The summed E-state index contributed by atoms with van der Waals surface area (Å²) in [5, 5.41) is 9.01. The van der Waals surface area contributed by atoms with Crippen molar-refractivity contribution in [3.05, 3.63) is 41.5 Å². The molecule has 0 bridgehead atoms. The third-order valence-electron chi connectivity index (χ3n) is 5.49. The minimum atomic E-state index is 0.337. The van der Waals surface area contributed by atoms with Gasteiger partial charge in [0.25, 0.3) is 0 Å². The van der Waals surface area contributed by atoms with Crippen molar-refractivity contribution in [2.45, 2.75) is 51.9 Å². The lowest BCUT2D eigenvalue weighted by molar-refractivity contribution is 0.215. The Hall–Kier alpha value is -1.55. The third kappa shape index (κ3) is 3.38. The summed E-state index contributed by atoms with van der Waals surface area (Å²) in [4.78, 5) is 0. The van der Waals surface area contributed by atoms with Gasteiger partial charge in [0.2, 0.25) is 0 Å². The van der Waals surface area contributed by atoms with Crippen molar-refractivity contribution < 1.29 is 0 Å². The van der Waals surface area contributed by atoms with Crippen LogP contribution in [0, 0.1) is 36.0 Å². The molecule has 0 N–H and O–H groups in total. The van der Waals surface area contributed by atoms with E-state index in [2.05, 4.69) is 43.3 Å². The average Bonchev–Trinajstić information content (AvgIpc) is 2.56. The zero-order valence-corrected chi connectivity index (χ0v) is 13.0. The lowest BCUT2D eigenvalue weighted by Gasteiger charge is -2.34. The second-order valence-electron chi connectivity index (χ2n) is 6.87. The highest BCUT2D eigenvalue weighted by atomic mass is 14.4. The predicted octanol–water partition coefficient (Wildman–Crippen LogP) is 5.51. The number of allylic oxidation sites excluding steroid dienone is 2. The smallest absolute Gasteiger partial charge is 0.0655 e. The molecule has 0 aromatic heterocycles. The minimum Gasteiger partial charge on any atom is -0.198 e. The molecule has 3 rings (SSSR count). The normalized spacial score (nSPS) is 29.5. The quantitative estimate of drug-likeness (QED) is 0.700. The molecule has 1 aromatic rings. The molecule has 1 nitrogen and oxygen atoms in total. The summed E-state index contributed by atoms with van der Waals surface area (Å²) in [5.74, 6) is 2.06. The summed E-state index contributed by atoms with van der Waals surface area (Å²) in [6.45, 7) is 2.15. The molecule has 2 aliphatic rings. The van der Waals surface area contributed by atoms with Crippen molar-refractivity contribution in [1.29, 1.82) is 5.26 Å². The fourth-order valence-corrected chi connectivity index (χ4v) is 4.03. The maximum Gasteiger partial charge on any atom is 0.0655 e. The summed E-state index contributed by atoms with van der Waals surface area (Å²) in [6.07, 6.45) is 11.1. The molecular formula is C20H25N. The van der Waals surface area contributed by atoms with E-state index < -0.39 is 0 Å². The molecule has 2 aliphatic carbocycles. The first-order chi connectivity index (χ1) is 10.3. The minimum absolute atomic E-state index is 0.337. The van der Waals surface area contributed by atoms with Gasteiger partial charge in [0.1, 0.15) is 0 Å². The van der Waals surface area contributed by atoms with Crippen molar-refractivity contribution in [3.8, 4) is 6.07 Å². The Labute approximate surface area is 128 Å². The van der Waals surface area contributed by atoms with Crippen LogP contribution in [-0.2, 0) is 0 Å². The molecule has 1 unspecified atom stereocenters. The van der Waals surface area contributed by atoms with Crippen LogP contribution in [0.2, 0.25) is 0 Å². The summed E-state index contributed by atoms with van der Waals surface area (Å²) in [7, 11) is 0. The van der Waals surface area contributed by atoms with Gasteiger partial charge in [0.05, 0.1) is 6.07 Å². The number of hydrogen-bond donors (Lipinski definition) is 0. The second kappa shape index (κ2) is 6.48. The molecule has 1 aromatic carbocycles. The van der Waals surface area contributed by atoms with Crippen molar-refractivity contribution >= 4 is 5.57 Å². The van der Waals surface area contributed by atoms with Gasteiger partial charge in [0.15, 0.2) is 0 Å². The zero-order valence-electron chi connectivity index (χ0n) is 13.0. The molecule has 1 fully saturated rings. The highest BCUT2D eigenvalue weighted by molar-refractivity contribution is 5.66. The molecule has 1 atom stereocenters. The van der Waals surface area contributed by atoms with E-state index in [-0.39, 0.29) is 0 Å². The van der Waals surface area contributed by atoms with E-state index in [1.54, 1.807) is 0 Å². The molecule has 0 spiro atoms. The third-order valence-corrected chi connectivity index (χ3v) is 5.49. The number of nitriles is 1. The Bertz CT molecular complexity index is 538. The topological polar surface area (TPSA) is 23.8 Å². The molecule has 1 saturated carbocycles. The van der Waals surface area contributed by atoms with Gasteiger partial charge in [-0.05, 0) is 74.8 Å². The number of rotatable bonds is 2. The number of aryl methyl sites for hydroxylation is 1. The Kier molecular flexibility index (Phi) is 4.44. The van der Waals surface area contributed by atoms with Crippen LogP contribution in [0.5, 0.6) is 0 Å². The summed E-state index contributed by atoms with van der Waals surface area (Å²) < 4.78 is 0. The summed E-state index contributed by atoms with van der Waals surface area (Å²) in [6, 6.07) is 11.4. The maximum absolute atomic E-state index is 9.01. The Morgan fingerprint density at radius 3 is 2.24 bits per heavy atom. The van der Waals surface area contributed by atoms with Gasteiger partial charge in [-0.25, -0.2) is 0 Å². The van der Waals surface area contributed by atoms with Gasteiger partial charge in [-0.3, -0.25) is 0 Å². The Morgan fingerprint density at radius 2 is 1.67 bits per heavy atom. The van der Waals surface area contributed by atoms with Crippen LogP contribution < -0.4 is 0 Å². The highest BCUT2D eigenvalue weighted by Gasteiger charge is 2.28. The largest absolute Gasteiger partial charge is 0.198 e. The molecular weight excluding hydrogens is 254 g/mol. The van der Waals surface area contributed by atoms with Crippen molar-refractivity contribution in [2.24, 2.45) is 17.8 Å². The van der Waals surface area contributed by atoms with Crippen LogP contribution in [0.3, 0.4) is 0 Å². The van der Waals surface area contributed by atoms with E-state index >= 15 is 0 Å². The molecule has 21 heavy (non-hydrogen) atoms. The van der Waals surface area contributed by atoms with Crippen LogP contribution in [0.15, 0.2) is 30.3 Å². The first-order valence-corrected chi connectivity index (χ1v) is 8.42. The second-order valence-corrected chi connectivity index (χ2v) is 6.87.